The average Bonchev–Trinajstić information content (AvgIpc) is 2.96. The van der Waals surface area contributed by atoms with Crippen LogP contribution in [0.2, 0.25) is 0 Å². The van der Waals surface area contributed by atoms with Gasteiger partial charge in [0.15, 0.2) is 0 Å². The van der Waals surface area contributed by atoms with Crippen LogP contribution in [0.4, 0.5) is 0 Å². The molecule has 3 heteroatoms. The molecule has 0 amide bonds. The summed E-state index contributed by atoms with van der Waals surface area (Å²) in [5, 5.41) is 2.10. The molecule has 0 aliphatic heterocycles. The van der Waals surface area contributed by atoms with Crippen molar-refractivity contribution in [3.05, 3.63) is 45.0 Å². The molecule has 0 radical (unpaired) electrons. The molecule has 2 aromatic heterocycles. The molecule has 3 rings (SSSR count). The number of unbranched alkanes of at least 4 members (excludes halogenated alkanes) is 2. The predicted octanol–water partition coefficient (Wildman–Crippen LogP) is 6.19. The standard InChI is InChI=1S/C22H28O3/c1-7-8-9-10-15-14(3)19-17(25-21(15)23)11-13(2)18-16(22(4,5)6)12-24-20(18)19/h11-12H,7-10H2,1-6H3. The van der Waals surface area contributed by atoms with Gasteiger partial charge in [0.1, 0.15) is 11.2 Å². The second-order valence-corrected chi connectivity index (χ2v) is 8.12. The second-order valence-electron chi connectivity index (χ2n) is 8.12. The Morgan fingerprint density at radius 1 is 1.08 bits per heavy atom. The van der Waals surface area contributed by atoms with Crippen molar-refractivity contribution < 1.29 is 8.83 Å². The molecule has 0 aliphatic carbocycles. The highest BCUT2D eigenvalue weighted by Gasteiger charge is 2.24. The van der Waals surface area contributed by atoms with E-state index in [2.05, 4.69) is 34.6 Å². The first kappa shape index (κ1) is 17.8. The Hall–Kier alpha value is -2.03. The van der Waals surface area contributed by atoms with Crippen molar-refractivity contribution in [3.63, 3.8) is 0 Å². The molecule has 2 heterocycles. The quantitative estimate of drug-likeness (QED) is 0.420. The first-order chi connectivity index (χ1) is 11.8. The Morgan fingerprint density at radius 3 is 2.44 bits per heavy atom. The molecule has 25 heavy (non-hydrogen) atoms. The fourth-order valence-corrected chi connectivity index (χ4v) is 3.68. The lowest BCUT2D eigenvalue weighted by atomic mass is 9.85. The summed E-state index contributed by atoms with van der Waals surface area (Å²) in [6.45, 7) is 12.8. The first-order valence-electron chi connectivity index (χ1n) is 9.23. The highest BCUT2D eigenvalue weighted by Crippen LogP contribution is 2.39. The van der Waals surface area contributed by atoms with Gasteiger partial charge in [-0.05, 0) is 49.3 Å². The Bertz CT molecular complexity index is 981. The maximum absolute atomic E-state index is 12.5. The van der Waals surface area contributed by atoms with Crippen LogP contribution in [-0.2, 0) is 11.8 Å². The molecule has 3 aromatic rings. The van der Waals surface area contributed by atoms with Crippen LogP contribution in [-0.4, -0.2) is 0 Å². The number of aryl methyl sites for hydroxylation is 2. The van der Waals surface area contributed by atoms with E-state index in [-0.39, 0.29) is 11.0 Å². The van der Waals surface area contributed by atoms with Crippen LogP contribution in [0.1, 0.15) is 69.2 Å². The zero-order valence-electron chi connectivity index (χ0n) is 16.2. The fraction of sp³-hybridized carbons (Fsp3) is 0.500. The SMILES string of the molecule is CCCCCc1c(C)c2c(cc(C)c3c(C(C)(C)C)coc32)oc1=O. The smallest absolute Gasteiger partial charge is 0.339 e. The van der Waals surface area contributed by atoms with Gasteiger partial charge < -0.3 is 8.83 Å². The Labute approximate surface area is 149 Å². The van der Waals surface area contributed by atoms with E-state index >= 15 is 0 Å². The number of benzene rings is 1. The van der Waals surface area contributed by atoms with Gasteiger partial charge in [-0.3, -0.25) is 0 Å². The maximum Gasteiger partial charge on any atom is 0.339 e. The van der Waals surface area contributed by atoms with Crippen LogP contribution in [0.5, 0.6) is 0 Å². The van der Waals surface area contributed by atoms with Crippen molar-refractivity contribution in [1.29, 1.82) is 0 Å². The summed E-state index contributed by atoms with van der Waals surface area (Å²) in [5.74, 6) is 0. The van der Waals surface area contributed by atoms with Crippen LogP contribution in [0.25, 0.3) is 21.9 Å². The van der Waals surface area contributed by atoms with Crippen LogP contribution in [0, 0.1) is 13.8 Å². The molecule has 0 unspecified atom stereocenters. The predicted molar refractivity (Wildman–Crippen MR) is 104 cm³/mol. The zero-order chi connectivity index (χ0) is 18.4. The monoisotopic (exact) mass is 340 g/mol. The van der Waals surface area contributed by atoms with Gasteiger partial charge in [-0.15, -0.1) is 0 Å². The van der Waals surface area contributed by atoms with E-state index in [1.165, 1.54) is 5.56 Å². The molecule has 0 bridgehead atoms. The molecule has 3 nitrogen and oxygen atoms in total. The van der Waals surface area contributed by atoms with E-state index in [1.54, 1.807) is 0 Å². The topological polar surface area (TPSA) is 43.4 Å². The van der Waals surface area contributed by atoms with Crippen LogP contribution in [0.3, 0.4) is 0 Å². The molecule has 0 aliphatic rings. The van der Waals surface area contributed by atoms with Crippen molar-refractivity contribution in [2.24, 2.45) is 0 Å². The van der Waals surface area contributed by atoms with Crippen LogP contribution >= 0.6 is 0 Å². The number of rotatable bonds is 4. The Balaban J connectivity index is 2.32. The van der Waals surface area contributed by atoms with Crippen molar-refractivity contribution in [3.8, 4) is 0 Å². The van der Waals surface area contributed by atoms with E-state index in [4.69, 9.17) is 8.83 Å². The minimum atomic E-state index is -0.206. The lowest BCUT2D eigenvalue weighted by molar-refractivity contribution is 0.542. The van der Waals surface area contributed by atoms with Gasteiger partial charge in [0, 0.05) is 16.5 Å². The zero-order valence-corrected chi connectivity index (χ0v) is 16.2. The molecule has 134 valence electrons. The van der Waals surface area contributed by atoms with Crippen molar-refractivity contribution in [1.82, 2.24) is 0 Å². The molecule has 0 spiro atoms. The number of furan rings is 1. The lowest BCUT2D eigenvalue weighted by Gasteiger charge is -2.17. The van der Waals surface area contributed by atoms with Crippen molar-refractivity contribution >= 4 is 21.9 Å². The minimum absolute atomic E-state index is 0.00281. The lowest BCUT2D eigenvalue weighted by Crippen LogP contribution is -2.11. The van der Waals surface area contributed by atoms with Gasteiger partial charge in [-0.2, -0.15) is 0 Å². The van der Waals surface area contributed by atoms with E-state index in [9.17, 15) is 4.79 Å². The summed E-state index contributed by atoms with van der Waals surface area (Å²) in [6, 6.07) is 1.98. The summed E-state index contributed by atoms with van der Waals surface area (Å²) in [6.07, 6.45) is 5.89. The number of fused-ring (bicyclic) bond motifs is 3. The number of hydrogen-bond donors (Lipinski definition) is 0. The highest BCUT2D eigenvalue weighted by atomic mass is 16.4. The normalized spacial score (nSPS) is 12.4. The van der Waals surface area contributed by atoms with Crippen molar-refractivity contribution in [2.45, 2.75) is 72.6 Å². The highest BCUT2D eigenvalue weighted by molar-refractivity contribution is 6.07. The van der Waals surface area contributed by atoms with Crippen LogP contribution in [0.15, 0.2) is 26.0 Å². The molecule has 1 aromatic carbocycles. The molecule has 0 fully saturated rings. The summed E-state index contributed by atoms with van der Waals surface area (Å²) >= 11 is 0. The van der Waals surface area contributed by atoms with Gasteiger partial charge in [0.2, 0.25) is 0 Å². The molecular formula is C22H28O3. The van der Waals surface area contributed by atoms with E-state index < -0.39 is 0 Å². The molecule has 0 saturated carbocycles. The van der Waals surface area contributed by atoms with Gasteiger partial charge >= 0.3 is 5.63 Å². The Kier molecular flexibility index (Phi) is 4.52. The fourth-order valence-electron chi connectivity index (χ4n) is 3.68. The third-order valence-electron chi connectivity index (χ3n) is 5.12. The van der Waals surface area contributed by atoms with E-state index in [1.807, 2.05) is 19.3 Å². The minimum Gasteiger partial charge on any atom is -0.463 e. The summed E-state index contributed by atoms with van der Waals surface area (Å²) in [5.41, 5.74) is 5.34. The summed E-state index contributed by atoms with van der Waals surface area (Å²) < 4.78 is 11.7. The van der Waals surface area contributed by atoms with Gasteiger partial charge in [0.05, 0.1) is 11.6 Å². The molecule has 0 saturated heterocycles. The van der Waals surface area contributed by atoms with Crippen molar-refractivity contribution in [2.75, 3.05) is 0 Å². The molecule has 0 atom stereocenters. The second kappa shape index (κ2) is 6.36. The third-order valence-corrected chi connectivity index (χ3v) is 5.12. The largest absolute Gasteiger partial charge is 0.463 e. The summed E-state index contributed by atoms with van der Waals surface area (Å²) in [4.78, 5) is 12.5. The Morgan fingerprint density at radius 2 is 1.80 bits per heavy atom. The van der Waals surface area contributed by atoms with Gasteiger partial charge in [-0.1, -0.05) is 40.5 Å². The molecule has 0 N–H and O–H groups in total. The van der Waals surface area contributed by atoms with Gasteiger partial charge in [-0.25, -0.2) is 4.79 Å². The maximum atomic E-state index is 12.5. The summed E-state index contributed by atoms with van der Waals surface area (Å²) in [7, 11) is 0. The average molecular weight is 340 g/mol. The van der Waals surface area contributed by atoms with Crippen LogP contribution < -0.4 is 5.63 Å². The van der Waals surface area contributed by atoms with E-state index in [0.29, 0.717) is 5.58 Å². The number of hydrogen-bond acceptors (Lipinski definition) is 3. The van der Waals surface area contributed by atoms with E-state index in [0.717, 1.165) is 58.7 Å². The van der Waals surface area contributed by atoms with Gasteiger partial charge in [0.25, 0.3) is 0 Å². The first-order valence-corrected chi connectivity index (χ1v) is 9.23. The third kappa shape index (κ3) is 3.01. The molecular weight excluding hydrogens is 312 g/mol.